The van der Waals surface area contributed by atoms with Gasteiger partial charge in [-0.3, -0.25) is 4.98 Å². The van der Waals surface area contributed by atoms with Gasteiger partial charge in [0.05, 0.1) is 14.2 Å². The van der Waals surface area contributed by atoms with Gasteiger partial charge >= 0.3 is 5.97 Å². The van der Waals surface area contributed by atoms with E-state index >= 15 is 0 Å². The van der Waals surface area contributed by atoms with Gasteiger partial charge in [-0.25, -0.2) is 13.6 Å². The summed E-state index contributed by atoms with van der Waals surface area (Å²) >= 11 is 0. The standard InChI is InChI=1S/C9H9F2NO3/c1-14-5-3-4-12-7(8(10)11)6(5)9(13)15-2/h3-4,8H,1-2H3. The molecule has 1 aromatic rings. The van der Waals surface area contributed by atoms with Crippen LogP contribution >= 0.6 is 0 Å². The van der Waals surface area contributed by atoms with E-state index in [0.717, 1.165) is 13.3 Å². The minimum atomic E-state index is -2.85. The second-order valence-electron chi connectivity index (χ2n) is 2.57. The van der Waals surface area contributed by atoms with Crippen molar-refractivity contribution in [1.29, 1.82) is 0 Å². The van der Waals surface area contributed by atoms with Crippen LogP contribution in [-0.2, 0) is 4.74 Å². The predicted octanol–water partition coefficient (Wildman–Crippen LogP) is 1.81. The molecule has 1 aromatic heterocycles. The number of pyridine rings is 1. The molecule has 1 rings (SSSR count). The van der Waals surface area contributed by atoms with E-state index in [9.17, 15) is 13.6 Å². The maximum Gasteiger partial charge on any atom is 0.343 e. The van der Waals surface area contributed by atoms with Crippen molar-refractivity contribution in [2.24, 2.45) is 0 Å². The van der Waals surface area contributed by atoms with Crippen LogP contribution in [0.4, 0.5) is 8.78 Å². The Morgan fingerprint density at radius 2 is 2.13 bits per heavy atom. The lowest BCUT2D eigenvalue weighted by Crippen LogP contribution is -2.10. The molecule has 4 nitrogen and oxygen atoms in total. The SMILES string of the molecule is COC(=O)c1c(OC)ccnc1C(F)F. The maximum atomic E-state index is 12.5. The summed E-state index contributed by atoms with van der Waals surface area (Å²) in [7, 11) is 2.38. The Hall–Kier alpha value is -1.72. The zero-order chi connectivity index (χ0) is 11.4. The molecule has 0 aliphatic carbocycles. The zero-order valence-electron chi connectivity index (χ0n) is 8.16. The van der Waals surface area contributed by atoms with Crippen molar-refractivity contribution in [2.45, 2.75) is 6.43 Å². The van der Waals surface area contributed by atoms with Crippen LogP contribution in [0.15, 0.2) is 12.3 Å². The lowest BCUT2D eigenvalue weighted by molar-refractivity contribution is 0.0582. The van der Waals surface area contributed by atoms with Crippen molar-refractivity contribution >= 4 is 5.97 Å². The normalized spacial score (nSPS) is 10.2. The zero-order valence-corrected chi connectivity index (χ0v) is 8.16. The number of esters is 1. The second kappa shape index (κ2) is 4.68. The Kier molecular flexibility index (Phi) is 3.54. The Bertz CT molecular complexity index is 368. The van der Waals surface area contributed by atoms with Crippen LogP contribution in [0.1, 0.15) is 22.5 Å². The summed E-state index contributed by atoms with van der Waals surface area (Å²) in [6.07, 6.45) is -1.71. The van der Waals surface area contributed by atoms with Gasteiger partial charge in [0.1, 0.15) is 17.0 Å². The average Bonchev–Trinajstić information content (AvgIpc) is 2.26. The van der Waals surface area contributed by atoms with Crippen LogP contribution in [0.2, 0.25) is 0 Å². The molecular formula is C9H9F2NO3. The highest BCUT2D eigenvalue weighted by Crippen LogP contribution is 2.28. The van der Waals surface area contributed by atoms with Gasteiger partial charge in [0.25, 0.3) is 6.43 Å². The number of halogens is 2. The molecular weight excluding hydrogens is 208 g/mol. The van der Waals surface area contributed by atoms with Crippen molar-refractivity contribution in [3.63, 3.8) is 0 Å². The number of carbonyl (C=O) groups excluding carboxylic acids is 1. The number of hydrogen-bond acceptors (Lipinski definition) is 4. The van der Waals surface area contributed by atoms with Gasteiger partial charge in [0.15, 0.2) is 0 Å². The topological polar surface area (TPSA) is 48.4 Å². The number of hydrogen-bond donors (Lipinski definition) is 0. The summed E-state index contributed by atoms with van der Waals surface area (Å²) in [6, 6.07) is 1.32. The van der Waals surface area contributed by atoms with E-state index in [1.807, 2.05) is 0 Å². The first-order valence-corrected chi connectivity index (χ1v) is 4.01. The first-order valence-electron chi connectivity index (χ1n) is 4.01. The lowest BCUT2D eigenvalue weighted by Gasteiger charge is -2.10. The number of aromatic nitrogens is 1. The molecule has 82 valence electrons. The van der Waals surface area contributed by atoms with Gasteiger partial charge in [0.2, 0.25) is 0 Å². The largest absolute Gasteiger partial charge is 0.496 e. The molecule has 0 saturated heterocycles. The summed E-state index contributed by atoms with van der Waals surface area (Å²) in [6.45, 7) is 0. The molecule has 0 fully saturated rings. The summed E-state index contributed by atoms with van der Waals surface area (Å²) in [5.41, 5.74) is -0.973. The molecule has 0 saturated carbocycles. The van der Waals surface area contributed by atoms with E-state index in [0.29, 0.717) is 0 Å². The third kappa shape index (κ3) is 2.20. The highest BCUT2D eigenvalue weighted by atomic mass is 19.3. The molecule has 0 N–H and O–H groups in total. The van der Waals surface area contributed by atoms with Crippen LogP contribution in [0.25, 0.3) is 0 Å². The summed E-state index contributed by atoms with van der Waals surface area (Å²) < 4.78 is 34.2. The predicted molar refractivity (Wildman–Crippen MR) is 47.1 cm³/mol. The van der Waals surface area contributed by atoms with Crippen LogP contribution in [0, 0.1) is 0 Å². The Labute approximate surface area is 84.8 Å². The van der Waals surface area contributed by atoms with E-state index in [1.165, 1.54) is 13.2 Å². The molecule has 0 aromatic carbocycles. The van der Waals surface area contributed by atoms with Gasteiger partial charge < -0.3 is 9.47 Å². The van der Waals surface area contributed by atoms with Gasteiger partial charge in [-0.1, -0.05) is 0 Å². The average molecular weight is 217 g/mol. The first kappa shape index (κ1) is 11.4. The van der Waals surface area contributed by atoms with Crippen LogP contribution in [0.5, 0.6) is 5.75 Å². The third-order valence-electron chi connectivity index (χ3n) is 1.76. The monoisotopic (exact) mass is 217 g/mol. The minimum Gasteiger partial charge on any atom is -0.496 e. The van der Waals surface area contributed by atoms with Crippen molar-refractivity contribution in [1.82, 2.24) is 4.98 Å². The summed E-state index contributed by atoms with van der Waals surface area (Å²) in [5.74, 6) is -0.873. The molecule has 0 bridgehead atoms. The van der Waals surface area contributed by atoms with Crippen LogP contribution in [0.3, 0.4) is 0 Å². The molecule has 0 spiro atoms. The highest BCUT2D eigenvalue weighted by Gasteiger charge is 2.24. The maximum absolute atomic E-state index is 12.5. The molecule has 0 aliphatic rings. The second-order valence-corrected chi connectivity index (χ2v) is 2.57. The fourth-order valence-corrected chi connectivity index (χ4v) is 1.10. The smallest absolute Gasteiger partial charge is 0.343 e. The van der Waals surface area contributed by atoms with E-state index in [-0.39, 0.29) is 11.3 Å². The minimum absolute atomic E-state index is 0.0205. The Balaban J connectivity index is 3.33. The van der Waals surface area contributed by atoms with Crippen molar-refractivity contribution < 1.29 is 23.0 Å². The molecule has 6 heteroatoms. The molecule has 0 amide bonds. The molecule has 1 heterocycles. The van der Waals surface area contributed by atoms with E-state index in [1.54, 1.807) is 0 Å². The van der Waals surface area contributed by atoms with Crippen molar-refractivity contribution in [3.05, 3.63) is 23.5 Å². The van der Waals surface area contributed by atoms with Crippen molar-refractivity contribution in [3.8, 4) is 5.75 Å². The van der Waals surface area contributed by atoms with E-state index in [4.69, 9.17) is 4.74 Å². The Morgan fingerprint density at radius 3 is 2.60 bits per heavy atom. The van der Waals surface area contributed by atoms with E-state index in [2.05, 4.69) is 9.72 Å². The third-order valence-corrected chi connectivity index (χ3v) is 1.76. The molecule has 15 heavy (non-hydrogen) atoms. The molecule has 0 aliphatic heterocycles. The number of ether oxygens (including phenoxy) is 2. The highest BCUT2D eigenvalue weighted by molar-refractivity contribution is 5.93. The fourth-order valence-electron chi connectivity index (χ4n) is 1.10. The van der Waals surface area contributed by atoms with Gasteiger partial charge in [-0.15, -0.1) is 0 Å². The number of methoxy groups -OCH3 is 2. The molecule has 0 unspecified atom stereocenters. The van der Waals surface area contributed by atoms with Gasteiger partial charge in [-0.05, 0) is 6.07 Å². The number of rotatable bonds is 3. The van der Waals surface area contributed by atoms with Gasteiger partial charge in [0, 0.05) is 6.20 Å². The number of nitrogens with zero attached hydrogens (tertiary/aromatic N) is 1. The first-order chi connectivity index (χ1) is 7.11. The van der Waals surface area contributed by atoms with Crippen molar-refractivity contribution in [2.75, 3.05) is 14.2 Å². The van der Waals surface area contributed by atoms with Crippen LogP contribution < -0.4 is 4.74 Å². The molecule has 0 atom stereocenters. The lowest BCUT2D eigenvalue weighted by atomic mass is 10.2. The summed E-state index contributed by atoms with van der Waals surface area (Å²) in [4.78, 5) is 14.7. The summed E-state index contributed by atoms with van der Waals surface area (Å²) in [5, 5.41) is 0. The number of carbonyl (C=O) groups is 1. The molecule has 0 radical (unpaired) electrons. The number of alkyl halides is 2. The Morgan fingerprint density at radius 1 is 1.47 bits per heavy atom. The van der Waals surface area contributed by atoms with E-state index < -0.39 is 18.1 Å². The van der Waals surface area contributed by atoms with Crippen LogP contribution in [-0.4, -0.2) is 25.2 Å². The fraction of sp³-hybridized carbons (Fsp3) is 0.333. The quantitative estimate of drug-likeness (QED) is 0.724. The van der Waals surface area contributed by atoms with Gasteiger partial charge in [-0.2, -0.15) is 0 Å².